The number of hydrogen-bond acceptors (Lipinski definition) is 7. The zero-order valence-corrected chi connectivity index (χ0v) is 20.2. The Balaban J connectivity index is 1.51. The predicted molar refractivity (Wildman–Crippen MR) is 133 cm³/mol. The molecule has 0 saturated carbocycles. The minimum atomic E-state index is -0.378. The minimum Gasteiger partial charge on any atom is -0.448 e. The lowest BCUT2D eigenvalue weighted by molar-refractivity contribution is 0.115. The van der Waals surface area contributed by atoms with Crippen molar-refractivity contribution in [1.29, 1.82) is 0 Å². The summed E-state index contributed by atoms with van der Waals surface area (Å²) in [5.41, 5.74) is 5.65. The largest absolute Gasteiger partial charge is 0.448 e. The number of amides is 1. The molecule has 0 radical (unpaired) electrons. The van der Waals surface area contributed by atoms with Crippen molar-refractivity contribution in [3.05, 3.63) is 54.5 Å². The second-order valence-corrected chi connectivity index (χ2v) is 8.73. The zero-order chi connectivity index (χ0) is 24.4. The van der Waals surface area contributed by atoms with Gasteiger partial charge in [-0.15, -0.1) is 0 Å². The van der Waals surface area contributed by atoms with Gasteiger partial charge in [-0.1, -0.05) is 23.8 Å². The fourth-order valence-corrected chi connectivity index (χ4v) is 4.10. The highest BCUT2D eigenvalue weighted by atomic mass is 16.6. The lowest BCUT2D eigenvalue weighted by atomic mass is 10.1. The van der Waals surface area contributed by atoms with Gasteiger partial charge in [0.1, 0.15) is 12.1 Å². The SMILES string of the molecule is Cc1cccc(-c2ccn(-c3cc(N4CCOCC4)c4ncn(CCOC(=O)N(C)C)c4n3)n2)c1. The fraction of sp³-hybridized carbons (Fsp3) is 0.360. The first-order chi connectivity index (χ1) is 17.0. The van der Waals surface area contributed by atoms with Crippen LogP contribution in [-0.4, -0.2) is 82.3 Å². The average molecular weight is 476 g/mol. The number of anilines is 1. The third kappa shape index (κ3) is 4.83. The molecule has 0 spiro atoms. The van der Waals surface area contributed by atoms with Crippen molar-refractivity contribution in [2.75, 3.05) is 51.9 Å². The van der Waals surface area contributed by atoms with E-state index in [-0.39, 0.29) is 12.7 Å². The third-order valence-corrected chi connectivity index (χ3v) is 5.95. The van der Waals surface area contributed by atoms with Gasteiger partial charge in [-0.2, -0.15) is 5.10 Å². The highest BCUT2D eigenvalue weighted by Crippen LogP contribution is 2.28. The van der Waals surface area contributed by atoms with Crippen LogP contribution in [0.4, 0.5) is 10.5 Å². The first-order valence-corrected chi connectivity index (χ1v) is 11.7. The second kappa shape index (κ2) is 9.75. The maximum atomic E-state index is 11.8. The van der Waals surface area contributed by atoms with Gasteiger partial charge in [0.2, 0.25) is 0 Å². The van der Waals surface area contributed by atoms with E-state index in [0.29, 0.717) is 25.6 Å². The summed E-state index contributed by atoms with van der Waals surface area (Å²) in [5, 5.41) is 4.81. The summed E-state index contributed by atoms with van der Waals surface area (Å²) in [7, 11) is 3.32. The number of carbonyl (C=O) groups excluding carboxylic acids is 1. The monoisotopic (exact) mass is 475 g/mol. The molecule has 35 heavy (non-hydrogen) atoms. The van der Waals surface area contributed by atoms with Gasteiger partial charge in [0.05, 0.1) is 37.5 Å². The van der Waals surface area contributed by atoms with E-state index in [2.05, 4.69) is 35.0 Å². The summed E-state index contributed by atoms with van der Waals surface area (Å²) < 4.78 is 14.6. The van der Waals surface area contributed by atoms with Gasteiger partial charge in [-0.25, -0.2) is 19.4 Å². The number of fused-ring (bicyclic) bond motifs is 1. The Kier molecular flexibility index (Phi) is 6.37. The molecule has 1 fully saturated rings. The predicted octanol–water partition coefficient (Wildman–Crippen LogP) is 3.13. The zero-order valence-electron chi connectivity index (χ0n) is 20.2. The van der Waals surface area contributed by atoms with Gasteiger partial charge in [0.25, 0.3) is 0 Å². The molecule has 1 aliphatic rings. The number of rotatable bonds is 6. The first kappa shape index (κ1) is 22.9. The molecule has 1 aliphatic heterocycles. The molecule has 1 saturated heterocycles. The van der Waals surface area contributed by atoms with Crippen molar-refractivity contribution in [3.63, 3.8) is 0 Å². The van der Waals surface area contributed by atoms with Gasteiger partial charge < -0.3 is 23.8 Å². The van der Waals surface area contributed by atoms with Gasteiger partial charge in [0.15, 0.2) is 11.5 Å². The van der Waals surface area contributed by atoms with Crippen LogP contribution in [0.15, 0.2) is 48.9 Å². The van der Waals surface area contributed by atoms with Crippen molar-refractivity contribution in [2.24, 2.45) is 0 Å². The molecule has 4 aromatic rings. The summed E-state index contributed by atoms with van der Waals surface area (Å²) in [6.07, 6.45) is 3.29. The van der Waals surface area contributed by atoms with Crippen molar-refractivity contribution in [1.82, 2.24) is 29.2 Å². The van der Waals surface area contributed by atoms with Crippen LogP contribution in [0.1, 0.15) is 5.56 Å². The molecule has 4 heterocycles. The minimum absolute atomic E-state index is 0.223. The fourth-order valence-electron chi connectivity index (χ4n) is 4.10. The van der Waals surface area contributed by atoms with Gasteiger partial charge in [0, 0.05) is 45.0 Å². The smallest absolute Gasteiger partial charge is 0.409 e. The maximum Gasteiger partial charge on any atom is 0.409 e. The Morgan fingerprint density at radius 1 is 1.17 bits per heavy atom. The lowest BCUT2D eigenvalue weighted by Crippen LogP contribution is -2.36. The van der Waals surface area contributed by atoms with Crippen LogP contribution < -0.4 is 4.90 Å². The average Bonchev–Trinajstić information content (AvgIpc) is 3.52. The van der Waals surface area contributed by atoms with E-state index in [1.165, 1.54) is 10.5 Å². The van der Waals surface area contributed by atoms with Gasteiger partial charge >= 0.3 is 6.09 Å². The number of morpholine rings is 1. The number of imidazole rings is 1. The van der Waals surface area contributed by atoms with Crippen molar-refractivity contribution >= 4 is 22.9 Å². The molecule has 0 N–H and O–H groups in total. The number of nitrogens with zero attached hydrogens (tertiary/aromatic N) is 7. The molecule has 182 valence electrons. The summed E-state index contributed by atoms with van der Waals surface area (Å²) in [5.74, 6) is 0.699. The van der Waals surface area contributed by atoms with Gasteiger partial charge in [-0.3, -0.25) is 0 Å². The molecule has 10 heteroatoms. The highest BCUT2D eigenvalue weighted by molar-refractivity contribution is 5.87. The van der Waals surface area contributed by atoms with Crippen LogP contribution in [-0.2, 0) is 16.0 Å². The van der Waals surface area contributed by atoms with E-state index in [1.807, 2.05) is 29.0 Å². The Morgan fingerprint density at radius 3 is 2.77 bits per heavy atom. The summed E-state index contributed by atoms with van der Waals surface area (Å²) in [4.78, 5) is 25.1. The van der Waals surface area contributed by atoms with E-state index in [0.717, 1.165) is 41.2 Å². The molecule has 0 aliphatic carbocycles. The van der Waals surface area contributed by atoms with E-state index < -0.39 is 0 Å². The number of carbonyl (C=O) groups is 1. The number of ether oxygens (including phenoxy) is 2. The van der Waals surface area contributed by atoms with Crippen LogP contribution in [0, 0.1) is 6.92 Å². The quantitative estimate of drug-likeness (QED) is 0.423. The summed E-state index contributed by atoms with van der Waals surface area (Å²) >= 11 is 0. The van der Waals surface area contributed by atoms with E-state index in [1.54, 1.807) is 25.1 Å². The van der Waals surface area contributed by atoms with Crippen LogP contribution in [0.5, 0.6) is 0 Å². The molecule has 5 rings (SSSR count). The van der Waals surface area contributed by atoms with Gasteiger partial charge in [-0.05, 0) is 19.1 Å². The topological polar surface area (TPSA) is 90.5 Å². The summed E-state index contributed by atoms with van der Waals surface area (Å²) in [6.45, 7) is 5.63. The molecule has 0 bridgehead atoms. The Bertz CT molecular complexity index is 1340. The Morgan fingerprint density at radius 2 is 2.00 bits per heavy atom. The molecule has 0 unspecified atom stereocenters. The van der Waals surface area contributed by atoms with Crippen LogP contribution in [0.25, 0.3) is 28.2 Å². The van der Waals surface area contributed by atoms with Crippen LogP contribution >= 0.6 is 0 Å². The molecule has 1 amide bonds. The molecule has 1 aromatic carbocycles. The molecule has 3 aromatic heterocycles. The normalized spacial score (nSPS) is 13.9. The van der Waals surface area contributed by atoms with Crippen molar-refractivity contribution in [3.8, 4) is 17.1 Å². The summed E-state index contributed by atoms with van der Waals surface area (Å²) in [6, 6.07) is 12.3. The second-order valence-electron chi connectivity index (χ2n) is 8.73. The molecule has 0 atom stereocenters. The van der Waals surface area contributed by atoms with E-state index >= 15 is 0 Å². The lowest BCUT2D eigenvalue weighted by Gasteiger charge is -2.29. The van der Waals surface area contributed by atoms with Crippen LogP contribution in [0.2, 0.25) is 0 Å². The number of aryl methyl sites for hydroxylation is 1. The standard InChI is InChI=1S/C25H29N7O3/c1-18-5-4-6-19(15-18)20-7-8-32(28-20)22-16-21(30-9-12-34-13-10-30)23-24(27-22)31(17-26-23)11-14-35-25(33)29(2)3/h4-8,15-17H,9-14H2,1-3H3. The number of hydrogen-bond donors (Lipinski definition) is 0. The maximum absolute atomic E-state index is 11.8. The Hall–Kier alpha value is -3.92. The van der Waals surface area contributed by atoms with E-state index in [9.17, 15) is 4.79 Å². The molecular formula is C25H29N7O3. The highest BCUT2D eigenvalue weighted by Gasteiger charge is 2.20. The van der Waals surface area contributed by atoms with E-state index in [4.69, 9.17) is 19.6 Å². The Labute approximate surface area is 203 Å². The van der Waals surface area contributed by atoms with Crippen molar-refractivity contribution in [2.45, 2.75) is 13.5 Å². The van der Waals surface area contributed by atoms with Crippen molar-refractivity contribution < 1.29 is 14.3 Å². The molecule has 10 nitrogen and oxygen atoms in total. The number of pyridine rings is 1. The number of aromatic nitrogens is 5. The number of benzene rings is 1. The first-order valence-electron chi connectivity index (χ1n) is 11.7. The molecular weight excluding hydrogens is 446 g/mol. The third-order valence-electron chi connectivity index (χ3n) is 5.95. The van der Waals surface area contributed by atoms with Crippen LogP contribution in [0.3, 0.4) is 0 Å².